The van der Waals surface area contributed by atoms with E-state index in [0.717, 1.165) is 11.3 Å². The lowest BCUT2D eigenvalue weighted by Gasteiger charge is -2.11. The Kier molecular flexibility index (Phi) is 6.89. The summed E-state index contributed by atoms with van der Waals surface area (Å²) in [4.78, 5) is 11.9. The van der Waals surface area contributed by atoms with Crippen LogP contribution in [0.15, 0.2) is 48.5 Å². The first-order valence-corrected chi connectivity index (χ1v) is 8.04. The van der Waals surface area contributed by atoms with Gasteiger partial charge in [0.15, 0.2) is 6.61 Å². The summed E-state index contributed by atoms with van der Waals surface area (Å²) in [5, 5.41) is 2.75. The lowest BCUT2D eigenvalue weighted by atomic mass is 10.1. The van der Waals surface area contributed by atoms with Gasteiger partial charge in [-0.05, 0) is 41.8 Å². The molecule has 2 aromatic rings. The van der Waals surface area contributed by atoms with Crippen LogP contribution in [0, 0.1) is 0 Å². The van der Waals surface area contributed by atoms with Crippen molar-refractivity contribution in [1.29, 1.82) is 0 Å². The first-order chi connectivity index (χ1) is 12.4. The number of rotatable bonds is 8. The van der Waals surface area contributed by atoms with E-state index in [-0.39, 0.29) is 18.2 Å². The van der Waals surface area contributed by atoms with Crippen LogP contribution in [-0.4, -0.2) is 25.8 Å². The molecule has 0 radical (unpaired) electrons. The van der Waals surface area contributed by atoms with Crippen molar-refractivity contribution in [1.82, 2.24) is 5.32 Å². The van der Waals surface area contributed by atoms with E-state index in [9.17, 15) is 18.0 Å². The Labute approximate surface area is 149 Å². The molecule has 4 nitrogen and oxygen atoms in total. The van der Waals surface area contributed by atoms with Crippen LogP contribution >= 0.6 is 0 Å². The highest BCUT2D eigenvalue weighted by atomic mass is 19.4. The number of aryl methyl sites for hydroxylation is 1. The molecule has 0 saturated heterocycles. The molecule has 0 unspecified atom stereocenters. The molecule has 2 aromatic carbocycles. The van der Waals surface area contributed by atoms with Gasteiger partial charge in [0, 0.05) is 13.0 Å². The normalized spacial score (nSPS) is 11.1. The molecule has 0 aliphatic carbocycles. The van der Waals surface area contributed by atoms with Gasteiger partial charge < -0.3 is 14.8 Å². The standard InChI is InChI=1S/C19H20F3NO3/c1-25-16-8-5-14(6-9-16)7-10-18(24)23-12-15-3-2-4-17(11-15)26-13-19(20,21)22/h2-6,8-9,11H,7,10,12-13H2,1H3,(H,23,24). The molecule has 2 rings (SSSR count). The summed E-state index contributed by atoms with van der Waals surface area (Å²) < 4.78 is 46.3. The molecule has 0 aliphatic heterocycles. The summed E-state index contributed by atoms with van der Waals surface area (Å²) in [7, 11) is 1.59. The summed E-state index contributed by atoms with van der Waals surface area (Å²) in [6.07, 6.45) is -3.48. The third-order valence-electron chi connectivity index (χ3n) is 3.59. The SMILES string of the molecule is COc1ccc(CCC(=O)NCc2cccc(OCC(F)(F)F)c2)cc1. The Morgan fingerprint density at radius 1 is 1.04 bits per heavy atom. The van der Waals surface area contributed by atoms with Crippen LogP contribution in [0.1, 0.15) is 17.5 Å². The zero-order valence-corrected chi connectivity index (χ0v) is 14.3. The topological polar surface area (TPSA) is 47.6 Å². The fourth-order valence-electron chi connectivity index (χ4n) is 2.25. The fourth-order valence-corrected chi connectivity index (χ4v) is 2.25. The number of carbonyl (C=O) groups excluding carboxylic acids is 1. The number of hydrogen-bond acceptors (Lipinski definition) is 3. The highest BCUT2D eigenvalue weighted by Crippen LogP contribution is 2.19. The van der Waals surface area contributed by atoms with E-state index in [4.69, 9.17) is 9.47 Å². The van der Waals surface area contributed by atoms with Gasteiger partial charge in [-0.3, -0.25) is 4.79 Å². The number of nitrogens with one attached hydrogen (secondary N) is 1. The third-order valence-corrected chi connectivity index (χ3v) is 3.59. The van der Waals surface area contributed by atoms with Crippen molar-refractivity contribution < 1.29 is 27.4 Å². The molecule has 0 atom stereocenters. The lowest BCUT2D eigenvalue weighted by molar-refractivity contribution is -0.153. The number of methoxy groups -OCH3 is 1. The number of halogens is 3. The summed E-state index contributed by atoms with van der Waals surface area (Å²) in [6, 6.07) is 13.7. The Balaban J connectivity index is 1.77. The zero-order valence-electron chi connectivity index (χ0n) is 14.3. The highest BCUT2D eigenvalue weighted by molar-refractivity contribution is 5.76. The minimum Gasteiger partial charge on any atom is -0.497 e. The minimum atomic E-state index is -4.38. The van der Waals surface area contributed by atoms with E-state index in [1.807, 2.05) is 24.3 Å². The second-order valence-electron chi connectivity index (χ2n) is 5.68. The Hall–Kier alpha value is -2.70. The Bertz CT molecular complexity index is 715. The van der Waals surface area contributed by atoms with E-state index < -0.39 is 12.8 Å². The van der Waals surface area contributed by atoms with Crippen LogP contribution in [0.4, 0.5) is 13.2 Å². The molecule has 0 fully saturated rings. The summed E-state index contributed by atoms with van der Waals surface area (Å²) >= 11 is 0. The summed E-state index contributed by atoms with van der Waals surface area (Å²) in [5.74, 6) is 0.737. The third kappa shape index (κ3) is 7.04. The van der Waals surface area contributed by atoms with Crippen molar-refractivity contribution in [2.75, 3.05) is 13.7 Å². The smallest absolute Gasteiger partial charge is 0.422 e. The number of amides is 1. The van der Waals surface area contributed by atoms with Gasteiger partial charge in [0.2, 0.25) is 5.91 Å². The highest BCUT2D eigenvalue weighted by Gasteiger charge is 2.28. The second kappa shape index (κ2) is 9.12. The van der Waals surface area contributed by atoms with Crippen LogP contribution in [0.25, 0.3) is 0 Å². The second-order valence-corrected chi connectivity index (χ2v) is 5.68. The minimum absolute atomic E-state index is 0.118. The van der Waals surface area contributed by atoms with Crippen molar-refractivity contribution in [2.24, 2.45) is 0 Å². The maximum absolute atomic E-state index is 12.2. The molecular formula is C19H20F3NO3. The van der Waals surface area contributed by atoms with Gasteiger partial charge in [0.05, 0.1) is 7.11 Å². The van der Waals surface area contributed by atoms with Crippen LogP contribution in [0.3, 0.4) is 0 Å². The average molecular weight is 367 g/mol. The monoisotopic (exact) mass is 367 g/mol. The van der Waals surface area contributed by atoms with Gasteiger partial charge in [0.25, 0.3) is 0 Å². The van der Waals surface area contributed by atoms with Gasteiger partial charge >= 0.3 is 6.18 Å². The van der Waals surface area contributed by atoms with Gasteiger partial charge in [-0.2, -0.15) is 13.2 Å². The lowest BCUT2D eigenvalue weighted by Crippen LogP contribution is -2.23. The molecule has 0 aliphatic rings. The van der Waals surface area contributed by atoms with E-state index in [2.05, 4.69) is 5.32 Å². The number of carbonyl (C=O) groups is 1. The number of ether oxygens (including phenoxy) is 2. The van der Waals surface area contributed by atoms with Crippen LogP contribution in [-0.2, 0) is 17.8 Å². The maximum atomic E-state index is 12.2. The average Bonchev–Trinajstić information content (AvgIpc) is 2.63. The first kappa shape index (κ1) is 19.6. The molecule has 0 aromatic heterocycles. The van der Waals surface area contributed by atoms with Gasteiger partial charge in [-0.1, -0.05) is 24.3 Å². The molecule has 1 amide bonds. The Morgan fingerprint density at radius 3 is 2.42 bits per heavy atom. The first-order valence-electron chi connectivity index (χ1n) is 8.04. The molecule has 0 saturated carbocycles. The van der Waals surface area contributed by atoms with E-state index in [0.29, 0.717) is 18.4 Å². The van der Waals surface area contributed by atoms with Crippen LogP contribution in [0.2, 0.25) is 0 Å². The van der Waals surface area contributed by atoms with Gasteiger partial charge in [-0.15, -0.1) is 0 Å². The van der Waals surface area contributed by atoms with Gasteiger partial charge in [0.1, 0.15) is 11.5 Å². The summed E-state index contributed by atoms with van der Waals surface area (Å²) in [6.45, 7) is -1.12. The molecule has 7 heteroatoms. The van der Waals surface area contributed by atoms with Crippen molar-refractivity contribution in [2.45, 2.75) is 25.6 Å². The quantitative estimate of drug-likeness (QED) is 0.770. The zero-order chi connectivity index (χ0) is 19.0. The van der Waals surface area contributed by atoms with E-state index in [1.165, 1.54) is 12.1 Å². The van der Waals surface area contributed by atoms with Gasteiger partial charge in [-0.25, -0.2) is 0 Å². The summed E-state index contributed by atoms with van der Waals surface area (Å²) in [5.41, 5.74) is 1.69. The number of alkyl halides is 3. The molecule has 1 N–H and O–H groups in total. The van der Waals surface area contributed by atoms with E-state index >= 15 is 0 Å². The molecule has 0 spiro atoms. The van der Waals surface area contributed by atoms with Crippen molar-refractivity contribution in [3.05, 3.63) is 59.7 Å². The molecule has 26 heavy (non-hydrogen) atoms. The van der Waals surface area contributed by atoms with Crippen LogP contribution in [0.5, 0.6) is 11.5 Å². The molecule has 0 heterocycles. The van der Waals surface area contributed by atoms with Crippen molar-refractivity contribution in [3.63, 3.8) is 0 Å². The van der Waals surface area contributed by atoms with Crippen molar-refractivity contribution >= 4 is 5.91 Å². The maximum Gasteiger partial charge on any atom is 0.422 e. The Morgan fingerprint density at radius 2 is 1.77 bits per heavy atom. The fraction of sp³-hybridized carbons (Fsp3) is 0.316. The predicted molar refractivity (Wildman–Crippen MR) is 91.2 cm³/mol. The van der Waals surface area contributed by atoms with Crippen molar-refractivity contribution in [3.8, 4) is 11.5 Å². The predicted octanol–water partition coefficient (Wildman–Crippen LogP) is 3.89. The molecule has 0 bridgehead atoms. The van der Waals surface area contributed by atoms with Crippen LogP contribution < -0.4 is 14.8 Å². The molecular weight excluding hydrogens is 347 g/mol. The van der Waals surface area contributed by atoms with E-state index in [1.54, 1.807) is 19.2 Å². The largest absolute Gasteiger partial charge is 0.497 e. The molecule has 140 valence electrons. The number of hydrogen-bond donors (Lipinski definition) is 1. The number of benzene rings is 2.